The largest absolute Gasteiger partial charge is 0.506 e. The summed E-state index contributed by atoms with van der Waals surface area (Å²) in [5.41, 5.74) is 1.38. The van der Waals surface area contributed by atoms with Gasteiger partial charge in [-0.05, 0) is 18.2 Å². The zero-order chi connectivity index (χ0) is 13.8. The lowest BCUT2D eigenvalue weighted by atomic mass is 10.2. The Balaban J connectivity index is 2.25. The molecule has 1 amide bonds. The molecule has 0 atom stereocenters. The molecule has 3 N–H and O–H groups in total. The first kappa shape index (κ1) is 13.2. The Kier molecular flexibility index (Phi) is 3.92. The van der Waals surface area contributed by atoms with Crippen LogP contribution in [0.3, 0.4) is 0 Å². The number of hydrogen-bond donors (Lipinski definition) is 3. The quantitative estimate of drug-likeness (QED) is 0.754. The number of phenolic OH excluding ortho intramolecular Hbond substituents is 1. The smallest absolute Gasteiger partial charge is 0.255 e. The van der Waals surface area contributed by atoms with Gasteiger partial charge in [0.1, 0.15) is 5.75 Å². The Labute approximate surface area is 116 Å². The van der Waals surface area contributed by atoms with Crippen LogP contribution in [0.25, 0.3) is 0 Å². The van der Waals surface area contributed by atoms with Crippen molar-refractivity contribution in [2.45, 2.75) is 0 Å². The molecule has 2 aromatic rings. The van der Waals surface area contributed by atoms with Crippen molar-refractivity contribution in [1.82, 2.24) is 0 Å². The molecule has 5 heteroatoms. The zero-order valence-corrected chi connectivity index (χ0v) is 11.0. The molecule has 0 fully saturated rings. The molecular formula is C14H13ClN2O2. The highest BCUT2D eigenvalue weighted by molar-refractivity contribution is 6.33. The first-order valence-electron chi connectivity index (χ1n) is 5.68. The average molecular weight is 277 g/mol. The maximum absolute atomic E-state index is 12.0. The minimum atomic E-state index is -0.302. The van der Waals surface area contributed by atoms with Gasteiger partial charge >= 0.3 is 0 Å². The van der Waals surface area contributed by atoms with Gasteiger partial charge < -0.3 is 15.7 Å². The number of amides is 1. The SMILES string of the molecule is CNc1cc(O)c(NC(=O)c2ccccc2)cc1Cl. The van der Waals surface area contributed by atoms with Crippen molar-refractivity contribution < 1.29 is 9.90 Å². The molecule has 0 unspecified atom stereocenters. The summed E-state index contributed by atoms with van der Waals surface area (Å²) in [5.74, 6) is -0.345. The van der Waals surface area contributed by atoms with E-state index >= 15 is 0 Å². The molecule has 0 aliphatic rings. The number of carbonyl (C=O) groups excluding carboxylic acids is 1. The maximum Gasteiger partial charge on any atom is 0.255 e. The lowest BCUT2D eigenvalue weighted by Gasteiger charge is -2.10. The van der Waals surface area contributed by atoms with Crippen molar-refractivity contribution >= 4 is 28.9 Å². The summed E-state index contributed by atoms with van der Waals surface area (Å²) in [7, 11) is 1.70. The number of aromatic hydroxyl groups is 1. The van der Waals surface area contributed by atoms with Crippen LogP contribution in [0.2, 0.25) is 5.02 Å². The lowest BCUT2D eigenvalue weighted by molar-refractivity contribution is 0.102. The van der Waals surface area contributed by atoms with Crippen LogP contribution >= 0.6 is 11.6 Å². The summed E-state index contributed by atoms with van der Waals surface area (Å²) in [5, 5.41) is 15.7. The van der Waals surface area contributed by atoms with E-state index in [2.05, 4.69) is 10.6 Å². The predicted octanol–water partition coefficient (Wildman–Crippen LogP) is 3.34. The van der Waals surface area contributed by atoms with E-state index in [9.17, 15) is 9.90 Å². The number of rotatable bonds is 3. The highest BCUT2D eigenvalue weighted by atomic mass is 35.5. The summed E-state index contributed by atoms with van der Waals surface area (Å²) >= 11 is 6.01. The number of phenols is 1. The molecule has 19 heavy (non-hydrogen) atoms. The van der Waals surface area contributed by atoms with Gasteiger partial charge in [-0.15, -0.1) is 0 Å². The Bertz CT molecular complexity index is 600. The van der Waals surface area contributed by atoms with E-state index in [4.69, 9.17) is 11.6 Å². The zero-order valence-electron chi connectivity index (χ0n) is 10.3. The predicted molar refractivity (Wildman–Crippen MR) is 77.1 cm³/mol. The monoisotopic (exact) mass is 276 g/mol. The van der Waals surface area contributed by atoms with Crippen molar-refractivity contribution in [3.8, 4) is 5.75 Å². The highest BCUT2D eigenvalue weighted by Crippen LogP contribution is 2.33. The van der Waals surface area contributed by atoms with Crippen LogP contribution < -0.4 is 10.6 Å². The summed E-state index contributed by atoms with van der Waals surface area (Å²) in [6.07, 6.45) is 0. The van der Waals surface area contributed by atoms with E-state index in [0.29, 0.717) is 16.3 Å². The van der Waals surface area contributed by atoms with Gasteiger partial charge in [0.15, 0.2) is 0 Å². The highest BCUT2D eigenvalue weighted by Gasteiger charge is 2.11. The third kappa shape index (κ3) is 2.98. The Morgan fingerprint density at radius 1 is 1.16 bits per heavy atom. The van der Waals surface area contributed by atoms with Gasteiger partial charge in [-0.2, -0.15) is 0 Å². The fourth-order valence-corrected chi connectivity index (χ4v) is 1.90. The van der Waals surface area contributed by atoms with Gasteiger partial charge in [0.05, 0.1) is 16.4 Å². The number of hydrogen-bond acceptors (Lipinski definition) is 3. The third-order valence-electron chi connectivity index (χ3n) is 2.64. The van der Waals surface area contributed by atoms with Crippen LogP contribution in [0, 0.1) is 0 Å². The molecule has 4 nitrogen and oxygen atoms in total. The Morgan fingerprint density at radius 3 is 2.47 bits per heavy atom. The fourth-order valence-electron chi connectivity index (χ4n) is 1.64. The van der Waals surface area contributed by atoms with E-state index in [-0.39, 0.29) is 17.3 Å². The Hall–Kier alpha value is -2.20. The Morgan fingerprint density at radius 2 is 1.84 bits per heavy atom. The lowest BCUT2D eigenvalue weighted by Crippen LogP contribution is -2.11. The summed E-state index contributed by atoms with van der Waals surface area (Å²) < 4.78 is 0. The third-order valence-corrected chi connectivity index (χ3v) is 2.95. The van der Waals surface area contributed by atoms with Crippen molar-refractivity contribution in [2.75, 3.05) is 17.7 Å². The van der Waals surface area contributed by atoms with Gasteiger partial charge in [-0.3, -0.25) is 4.79 Å². The van der Waals surface area contributed by atoms with Crippen molar-refractivity contribution in [3.63, 3.8) is 0 Å². The van der Waals surface area contributed by atoms with Crippen LogP contribution in [0.15, 0.2) is 42.5 Å². The van der Waals surface area contributed by atoms with Crippen molar-refractivity contribution in [2.24, 2.45) is 0 Å². The second kappa shape index (κ2) is 5.63. The van der Waals surface area contributed by atoms with Crippen LogP contribution in [-0.2, 0) is 0 Å². The molecule has 0 spiro atoms. The molecule has 2 rings (SSSR count). The first-order chi connectivity index (χ1) is 9.11. The summed E-state index contributed by atoms with van der Waals surface area (Å²) in [4.78, 5) is 12.0. The molecule has 2 aromatic carbocycles. The average Bonchev–Trinajstić information content (AvgIpc) is 2.43. The molecule has 0 bridgehead atoms. The number of benzene rings is 2. The van der Waals surface area contributed by atoms with Gasteiger partial charge in [-0.1, -0.05) is 29.8 Å². The van der Waals surface area contributed by atoms with Gasteiger partial charge in [0, 0.05) is 18.7 Å². The molecule has 0 saturated heterocycles. The minimum absolute atomic E-state index is 0.0435. The number of carbonyl (C=O) groups is 1. The molecule has 0 aromatic heterocycles. The second-order valence-electron chi connectivity index (χ2n) is 3.92. The van der Waals surface area contributed by atoms with Crippen LogP contribution in [-0.4, -0.2) is 18.1 Å². The molecule has 98 valence electrons. The summed E-state index contributed by atoms with van der Waals surface area (Å²) in [6.45, 7) is 0. The van der Waals surface area contributed by atoms with Crippen molar-refractivity contribution in [3.05, 3.63) is 53.1 Å². The standard InChI is InChI=1S/C14H13ClN2O2/c1-16-11-8-13(18)12(7-10(11)15)17-14(19)9-5-3-2-4-6-9/h2-8,16,18H,1H3,(H,17,19). The summed E-state index contributed by atoms with van der Waals surface area (Å²) in [6, 6.07) is 11.7. The second-order valence-corrected chi connectivity index (χ2v) is 4.33. The number of nitrogens with one attached hydrogen (secondary N) is 2. The number of anilines is 2. The molecule has 0 saturated carbocycles. The number of halogens is 1. The van der Waals surface area contributed by atoms with E-state index in [0.717, 1.165) is 0 Å². The van der Waals surface area contributed by atoms with Crippen LogP contribution in [0.5, 0.6) is 5.75 Å². The molecule has 0 aliphatic carbocycles. The normalized spacial score (nSPS) is 10.0. The molecule has 0 aliphatic heterocycles. The minimum Gasteiger partial charge on any atom is -0.506 e. The molecule has 0 radical (unpaired) electrons. The van der Waals surface area contributed by atoms with Gasteiger partial charge in [-0.25, -0.2) is 0 Å². The van der Waals surface area contributed by atoms with Crippen LogP contribution in [0.4, 0.5) is 11.4 Å². The fraction of sp³-hybridized carbons (Fsp3) is 0.0714. The van der Waals surface area contributed by atoms with E-state index < -0.39 is 0 Å². The van der Waals surface area contributed by atoms with Crippen molar-refractivity contribution in [1.29, 1.82) is 0 Å². The maximum atomic E-state index is 12.0. The molecular weight excluding hydrogens is 264 g/mol. The van der Waals surface area contributed by atoms with Crippen LogP contribution in [0.1, 0.15) is 10.4 Å². The first-order valence-corrected chi connectivity index (χ1v) is 6.06. The van der Waals surface area contributed by atoms with E-state index in [1.165, 1.54) is 12.1 Å². The van der Waals surface area contributed by atoms with Gasteiger partial charge in [0.2, 0.25) is 0 Å². The van der Waals surface area contributed by atoms with Gasteiger partial charge in [0.25, 0.3) is 5.91 Å². The van der Waals surface area contributed by atoms with E-state index in [1.54, 1.807) is 31.3 Å². The molecule has 0 heterocycles. The van der Waals surface area contributed by atoms with E-state index in [1.807, 2.05) is 6.07 Å². The topological polar surface area (TPSA) is 61.4 Å².